The molecule has 1 fully saturated rings. The summed E-state index contributed by atoms with van der Waals surface area (Å²) in [7, 11) is 0. The molecular weight excluding hydrogens is 243 g/mol. The van der Waals surface area contributed by atoms with Crippen molar-refractivity contribution < 1.29 is 9.18 Å². The number of nitrogens with zero attached hydrogens (tertiary/aromatic N) is 2. The monoisotopic (exact) mass is 264 g/mol. The van der Waals surface area contributed by atoms with Crippen LogP contribution in [0.5, 0.6) is 0 Å². The van der Waals surface area contributed by atoms with Gasteiger partial charge >= 0.3 is 0 Å². The third kappa shape index (κ3) is 4.39. The highest BCUT2D eigenvalue weighted by molar-refractivity contribution is 5.94. The summed E-state index contributed by atoms with van der Waals surface area (Å²) in [5.74, 6) is -0.402. The molecule has 19 heavy (non-hydrogen) atoms. The zero-order chi connectivity index (χ0) is 13.7. The molecule has 1 saturated carbocycles. The van der Waals surface area contributed by atoms with E-state index in [0.717, 1.165) is 19.3 Å². The number of ketones is 1. The van der Waals surface area contributed by atoms with Crippen LogP contribution in [-0.4, -0.2) is 34.8 Å². The molecule has 0 N–H and O–H groups in total. The number of hydrogen-bond acceptors (Lipinski definition) is 3. The van der Waals surface area contributed by atoms with Gasteiger partial charge in [-0.15, -0.1) is 0 Å². The molecule has 2 rings (SSSR count). The topological polar surface area (TPSA) is 33.2 Å². The highest BCUT2D eigenvalue weighted by Crippen LogP contribution is 2.27. The molecule has 0 spiro atoms. The maximum Gasteiger partial charge on any atom is 0.182 e. The van der Waals surface area contributed by atoms with Gasteiger partial charge in [0.2, 0.25) is 0 Å². The minimum absolute atomic E-state index is 0.00199. The zero-order valence-electron chi connectivity index (χ0n) is 11.4. The van der Waals surface area contributed by atoms with Crippen LogP contribution in [0.3, 0.4) is 0 Å². The Morgan fingerprint density at radius 1 is 1.42 bits per heavy atom. The fraction of sp³-hybridized carbons (Fsp3) is 0.600. The summed E-state index contributed by atoms with van der Waals surface area (Å²) in [6.07, 6.45) is 6.44. The predicted molar refractivity (Wildman–Crippen MR) is 72.6 cm³/mol. The summed E-state index contributed by atoms with van der Waals surface area (Å²) in [4.78, 5) is 18.2. The van der Waals surface area contributed by atoms with Crippen LogP contribution in [0.25, 0.3) is 0 Å². The SMILES string of the molecule is CCCCN(CCC(=O)c1ccc(F)cn1)C1CC1. The van der Waals surface area contributed by atoms with Crippen molar-refractivity contribution in [2.75, 3.05) is 13.1 Å². The molecule has 1 aliphatic carbocycles. The molecule has 104 valence electrons. The van der Waals surface area contributed by atoms with E-state index in [2.05, 4.69) is 16.8 Å². The van der Waals surface area contributed by atoms with E-state index in [-0.39, 0.29) is 5.78 Å². The Balaban J connectivity index is 1.82. The molecule has 0 aromatic carbocycles. The van der Waals surface area contributed by atoms with Gasteiger partial charge < -0.3 is 0 Å². The average Bonchev–Trinajstić information content (AvgIpc) is 3.24. The molecule has 3 nitrogen and oxygen atoms in total. The van der Waals surface area contributed by atoms with Crippen LogP contribution in [0.4, 0.5) is 4.39 Å². The average molecular weight is 264 g/mol. The van der Waals surface area contributed by atoms with Gasteiger partial charge in [0.25, 0.3) is 0 Å². The van der Waals surface area contributed by atoms with Crippen LogP contribution < -0.4 is 0 Å². The summed E-state index contributed by atoms with van der Waals surface area (Å²) in [5, 5.41) is 0. The first-order chi connectivity index (χ1) is 9.20. The Kier molecular flexibility index (Phi) is 5.02. The quantitative estimate of drug-likeness (QED) is 0.677. The van der Waals surface area contributed by atoms with Crippen molar-refractivity contribution in [2.45, 2.75) is 45.1 Å². The highest BCUT2D eigenvalue weighted by atomic mass is 19.1. The number of rotatable bonds is 8. The Bertz CT molecular complexity index is 415. The first-order valence-electron chi connectivity index (χ1n) is 7.09. The smallest absolute Gasteiger partial charge is 0.182 e. The maximum atomic E-state index is 12.7. The summed E-state index contributed by atoms with van der Waals surface area (Å²) < 4.78 is 12.7. The molecule has 0 unspecified atom stereocenters. The molecule has 1 aliphatic rings. The van der Waals surface area contributed by atoms with Gasteiger partial charge in [0.1, 0.15) is 11.5 Å². The zero-order valence-corrected chi connectivity index (χ0v) is 11.4. The summed E-state index contributed by atoms with van der Waals surface area (Å²) in [6, 6.07) is 3.43. The summed E-state index contributed by atoms with van der Waals surface area (Å²) >= 11 is 0. The van der Waals surface area contributed by atoms with Gasteiger partial charge in [0, 0.05) is 19.0 Å². The number of carbonyl (C=O) groups excluding carboxylic acids is 1. The van der Waals surface area contributed by atoms with Gasteiger partial charge in [-0.1, -0.05) is 13.3 Å². The second-order valence-corrected chi connectivity index (χ2v) is 5.16. The van der Waals surface area contributed by atoms with Crippen molar-refractivity contribution in [1.82, 2.24) is 9.88 Å². The third-order valence-electron chi connectivity index (χ3n) is 3.50. The molecule has 0 aliphatic heterocycles. The summed E-state index contributed by atoms with van der Waals surface area (Å²) in [6.45, 7) is 4.05. The normalized spacial score (nSPS) is 14.9. The van der Waals surface area contributed by atoms with E-state index in [1.54, 1.807) is 0 Å². The van der Waals surface area contributed by atoms with Crippen LogP contribution in [0.15, 0.2) is 18.3 Å². The van der Waals surface area contributed by atoms with E-state index < -0.39 is 5.82 Å². The van der Waals surface area contributed by atoms with Crippen LogP contribution in [0.2, 0.25) is 0 Å². The van der Waals surface area contributed by atoms with E-state index >= 15 is 0 Å². The second-order valence-electron chi connectivity index (χ2n) is 5.16. The van der Waals surface area contributed by atoms with E-state index in [9.17, 15) is 9.18 Å². The fourth-order valence-electron chi connectivity index (χ4n) is 2.19. The van der Waals surface area contributed by atoms with Crippen molar-refractivity contribution >= 4 is 5.78 Å². The third-order valence-corrected chi connectivity index (χ3v) is 3.50. The Labute approximate surface area is 113 Å². The Morgan fingerprint density at radius 2 is 2.21 bits per heavy atom. The van der Waals surface area contributed by atoms with E-state index in [4.69, 9.17) is 0 Å². The Morgan fingerprint density at radius 3 is 2.79 bits per heavy atom. The second kappa shape index (κ2) is 6.75. The number of pyridine rings is 1. The van der Waals surface area contributed by atoms with E-state index in [1.807, 2.05) is 0 Å². The lowest BCUT2D eigenvalue weighted by Gasteiger charge is -2.21. The predicted octanol–water partition coefficient (Wildman–Crippen LogP) is 3.06. The number of aromatic nitrogens is 1. The van der Waals surface area contributed by atoms with E-state index in [0.29, 0.717) is 18.2 Å². The molecule has 0 amide bonds. The molecular formula is C15H21FN2O. The van der Waals surface area contributed by atoms with Crippen molar-refractivity contribution in [3.05, 3.63) is 29.8 Å². The molecule has 0 radical (unpaired) electrons. The van der Waals surface area contributed by atoms with Crippen LogP contribution in [0, 0.1) is 5.82 Å². The van der Waals surface area contributed by atoms with Gasteiger partial charge in [-0.25, -0.2) is 4.39 Å². The number of halogens is 1. The lowest BCUT2D eigenvalue weighted by molar-refractivity contribution is 0.0957. The first-order valence-corrected chi connectivity index (χ1v) is 7.09. The highest BCUT2D eigenvalue weighted by Gasteiger charge is 2.28. The maximum absolute atomic E-state index is 12.7. The van der Waals surface area contributed by atoms with Gasteiger partial charge in [0.05, 0.1) is 6.20 Å². The molecule has 1 heterocycles. The Hall–Kier alpha value is -1.29. The molecule has 1 aromatic heterocycles. The van der Waals surface area contributed by atoms with Crippen LogP contribution >= 0.6 is 0 Å². The lowest BCUT2D eigenvalue weighted by Crippen LogP contribution is -2.29. The summed E-state index contributed by atoms with van der Waals surface area (Å²) in [5.41, 5.74) is 0.368. The molecule has 1 aromatic rings. The van der Waals surface area contributed by atoms with Crippen molar-refractivity contribution in [2.24, 2.45) is 0 Å². The van der Waals surface area contributed by atoms with Crippen LogP contribution in [-0.2, 0) is 0 Å². The number of Topliss-reactive ketones (excluding diaryl/α,β-unsaturated/α-hetero) is 1. The fourth-order valence-corrected chi connectivity index (χ4v) is 2.19. The van der Waals surface area contributed by atoms with Crippen molar-refractivity contribution in [1.29, 1.82) is 0 Å². The molecule has 0 bridgehead atoms. The molecule has 0 saturated heterocycles. The molecule has 4 heteroatoms. The minimum Gasteiger partial charge on any atom is -0.300 e. The minimum atomic E-state index is -0.404. The van der Waals surface area contributed by atoms with Crippen molar-refractivity contribution in [3.63, 3.8) is 0 Å². The molecule has 0 atom stereocenters. The van der Waals surface area contributed by atoms with Gasteiger partial charge in [-0.2, -0.15) is 0 Å². The van der Waals surface area contributed by atoms with Crippen molar-refractivity contribution in [3.8, 4) is 0 Å². The van der Waals surface area contributed by atoms with Gasteiger partial charge in [-0.05, 0) is 37.9 Å². The van der Waals surface area contributed by atoms with Gasteiger partial charge in [-0.3, -0.25) is 14.7 Å². The van der Waals surface area contributed by atoms with Gasteiger partial charge in [0.15, 0.2) is 5.78 Å². The van der Waals surface area contributed by atoms with E-state index in [1.165, 1.54) is 37.8 Å². The number of unbranched alkanes of at least 4 members (excludes halogenated alkanes) is 1. The number of hydrogen-bond donors (Lipinski definition) is 0. The lowest BCUT2D eigenvalue weighted by atomic mass is 10.2. The first kappa shape index (κ1) is 14.1. The standard InChI is InChI=1S/C15H21FN2O/c1-2-3-9-18(13-5-6-13)10-8-15(19)14-7-4-12(16)11-17-14/h4,7,11,13H,2-3,5-6,8-10H2,1H3. The van der Waals surface area contributed by atoms with Crippen LogP contribution in [0.1, 0.15) is 49.5 Å². The number of carbonyl (C=O) groups is 1. The largest absolute Gasteiger partial charge is 0.300 e.